The number of carbonyl (C=O) groups excluding carboxylic acids is 1. The zero-order valence-electron chi connectivity index (χ0n) is 14.9. The predicted octanol–water partition coefficient (Wildman–Crippen LogP) is 2.31. The Balaban J connectivity index is 1.30. The van der Waals surface area contributed by atoms with Crippen molar-refractivity contribution in [1.29, 1.82) is 0 Å². The zero-order valence-corrected chi connectivity index (χ0v) is 15.7. The van der Waals surface area contributed by atoms with Crippen molar-refractivity contribution in [2.45, 2.75) is 37.1 Å². The van der Waals surface area contributed by atoms with E-state index in [1.807, 2.05) is 31.2 Å². The van der Waals surface area contributed by atoms with E-state index < -0.39 is 0 Å². The van der Waals surface area contributed by atoms with E-state index in [1.165, 1.54) is 24.6 Å². The lowest BCUT2D eigenvalue weighted by Gasteiger charge is -2.29. The van der Waals surface area contributed by atoms with Crippen molar-refractivity contribution in [2.24, 2.45) is 0 Å². The predicted molar refractivity (Wildman–Crippen MR) is 97.7 cm³/mol. The van der Waals surface area contributed by atoms with E-state index in [-0.39, 0.29) is 12.0 Å². The molecule has 1 aromatic carbocycles. The summed E-state index contributed by atoms with van der Waals surface area (Å²) >= 11 is 1.45. The first-order valence-corrected chi connectivity index (χ1v) is 9.77. The summed E-state index contributed by atoms with van der Waals surface area (Å²) in [5.74, 6) is 2.78. The lowest BCUT2D eigenvalue weighted by Crippen LogP contribution is -2.42. The van der Waals surface area contributed by atoms with Crippen LogP contribution in [-0.4, -0.2) is 57.6 Å². The second kappa shape index (κ2) is 7.19. The second-order valence-electron chi connectivity index (χ2n) is 6.69. The molecule has 4 rings (SSSR count). The summed E-state index contributed by atoms with van der Waals surface area (Å²) in [4.78, 5) is 14.2. The number of amides is 1. The number of ether oxygens (including phenoxy) is 2. The minimum absolute atomic E-state index is 0.0421. The second-order valence-corrected chi connectivity index (χ2v) is 7.63. The van der Waals surface area contributed by atoms with Gasteiger partial charge >= 0.3 is 0 Å². The quantitative estimate of drug-likeness (QED) is 0.723. The average molecular weight is 374 g/mol. The number of likely N-dealkylation sites (N-methyl/N-ethyl adjacent to an activating group) is 1. The molecule has 0 bridgehead atoms. The highest BCUT2D eigenvalue weighted by Crippen LogP contribution is 2.38. The Morgan fingerprint density at radius 1 is 1.31 bits per heavy atom. The van der Waals surface area contributed by atoms with Crippen molar-refractivity contribution in [3.8, 4) is 11.5 Å². The topological polar surface area (TPSA) is 69.5 Å². The molecule has 2 aromatic rings. The number of hydrogen-bond donors (Lipinski definition) is 0. The van der Waals surface area contributed by atoms with Gasteiger partial charge in [0.25, 0.3) is 0 Å². The van der Waals surface area contributed by atoms with Gasteiger partial charge in [-0.15, -0.1) is 10.2 Å². The molecule has 1 saturated carbocycles. The van der Waals surface area contributed by atoms with Gasteiger partial charge in [0.05, 0.1) is 12.3 Å². The molecule has 7 nitrogen and oxygen atoms in total. The van der Waals surface area contributed by atoms with Crippen LogP contribution < -0.4 is 9.47 Å². The molecule has 0 spiro atoms. The van der Waals surface area contributed by atoms with Gasteiger partial charge in [0.1, 0.15) is 12.4 Å². The van der Waals surface area contributed by atoms with Gasteiger partial charge in [0.2, 0.25) is 5.91 Å². The van der Waals surface area contributed by atoms with Crippen LogP contribution in [0, 0.1) is 6.92 Å². The Bertz CT molecular complexity index is 805. The molecule has 1 atom stereocenters. The molecule has 1 amide bonds. The molecule has 138 valence electrons. The summed E-state index contributed by atoms with van der Waals surface area (Å²) in [7, 11) is 1.80. The number of nitrogens with zero attached hydrogens (tertiary/aromatic N) is 4. The fraction of sp³-hybridized carbons (Fsp3) is 0.500. The van der Waals surface area contributed by atoms with Gasteiger partial charge in [-0.25, -0.2) is 0 Å². The number of aryl methyl sites for hydroxylation is 1. The molecule has 8 heteroatoms. The zero-order chi connectivity index (χ0) is 18.1. The van der Waals surface area contributed by atoms with Crippen LogP contribution in [0.25, 0.3) is 0 Å². The third-order valence-electron chi connectivity index (χ3n) is 4.54. The van der Waals surface area contributed by atoms with Crippen molar-refractivity contribution in [3.63, 3.8) is 0 Å². The maximum Gasteiger partial charge on any atom is 0.232 e. The van der Waals surface area contributed by atoms with Crippen LogP contribution >= 0.6 is 11.8 Å². The van der Waals surface area contributed by atoms with Crippen LogP contribution in [0.4, 0.5) is 0 Å². The molecule has 0 unspecified atom stereocenters. The standard InChI is InChI=1S/C18H22N4O3S/c1-12-19-20-18(22(12)13-7-8-13)26-11-17(23)21(2)9-14-10-24-15-5-3-4-6-16(15)25-14/h3-6,13-14H,7-11H2,1-2H3/t14-/m0/s1. The maximum atomic E-state index is 12.5. The van der Waals surface area contributed by atoms with Gasteiger partial charge in [-0.1, -0.05) is 23.9 Å². The van der Waals surface area contributed by atoms with Crippen LogP contribution in [0.2, 0.25) is 0 Å². The Hall–Kier alpha value is -2.22. The van der Waals surface area contributed by atoms with Crippen molar-refractivity contribution >= 4 is 17.7 Å². The summed E-state index contributed by atoms with van der Waals surface area (Å²) in [6.45, 7) is 2.89. The molecule has 1 aliphatic carbocycles. The van der Waals surface area contributed by atoms with Crippen molar-refractivity contribution in [3.05, 3.63) is 30.1 Å². The molecule has 0 saturated heterocycles. The van der Waals surface area contributed by atoms with Gasteiger partial charge in [0, 0.05) is 13.1 Å². The smallest absolute Gasteiger partial charge is 0.232 e. The van der Waals surface area contributed by atoms with Crippen molar-refractivity contribution in [1.82, 2.24) is 19.7 Å². The van der Waals surface area contributed by atoms with E-state index in [1.54, 1.807) is 11.9 Å². The number of thioether (sulfide) groups is 1. The number of carbonyl (C=O) groups is 1. The molecule has 2 aliphatic rings. The number of fused-ring (bicyclic) bond motifs is 1. The Labute approximate surface area is 156 Å². The molecule has 1 aromatic heterocycles. The Morgan fingerprint density at radius 2 is 2.08 bits per heavy atom. The minimum Gasteiger partial charge on any atom is -0.486 e. The van der Waals surface area contributed by atoms with Gasteiger partial charge < -0.3 is 18.9 Å². The number of rotatable bonds is 6. The largest absolute Gasteiger partial charge is 0.486 e. The summed E-state index contributed by atoms with van der Waals surface area (Å²) < 4.78 is 13.8. The molecule has 0 N–H and O–H groups in total. The van der Waals surface area contributed by atoms with Crippen LogP contribution in [0.15, 0.2) is 29.4 Å². The molecule has 0 radical (unpaired) electrons. The number of para-hydroxylation sites is 2. The summed E-state index contributed by atoms with van der Waals surface area (Å²) in [6, 6.07) is 8.10. The van der Waals surface area contributed by atoms with E-state index in [4.69, 9.17) is 9.47 Å². The van der Waals surface area contributed by atoms with E-state index in [0.717, 1.165) is 22.5 Å². The first-order chi connectivity index (χ1) is 12.6. The molecular formula is C18H22N4O3S. The maximum absolute atomic E-state index is 12.5. The fourth-order valence-electron chi connectivity index (χ4n) is 3.00. The molecule has 26 heavy (non-hydrogen) atoms. The van der Waals surface area contributed by atoms with Gasteiger partial charge in [0.15, 0.2) is 22.8 Å². The van der Waals surface area contributed by atoms with E-state index in [0.29, 0.717) is 24.9 Å². The fourth-order valence-corrected chi connectivity index (χ4v) is 3.99. The van der Waals surface area contributed by atoms with Crippen molar-refractivity contribution < 1.29 is 14.3 Å². The Morgan fingerprint density at radius 3 is 2.85 bits per heavy atom. The van der Waals surface area contributed by atoms with E-state index in [9.17, 15) is 4.79 Å². The monoisotopic (exact) mass is 374 g/mol. The van der Waals surface area contributed by atoms with E-state index >= 15 is 0 Å². The number of benzene rings is 1. The molecular weight excluding hydrogens is 352 g/mol. The minimum atomic E-state index is -0.166. The highest BCUT2D eigenvalue weighted by molar-refractivity contribution is 7.99. The number of hydrogen-bond acceptors (Lipinski definition) is 6. The summed E-state index contributed by atoms with van der Waals surface area (Å²) in [5, 5.41) is 9.19. The normalized spacial score (nSPS) is 18.6. The first kappa shape index (κ1) is 17.2. The lowest BCUT2D eigenvalue weighted by atomic mass is 10.2. The average Bonchev–Trinajstić information content (AvgIpc) is 3.42. The van der Waals surface area contributed by atoms with Crippen LogP contribution in [-0.2, 0) is 4.79 Å². The molecule has 1 aliphatic heterocycles. The van der Waals surface area contributed by atoms with Crippen molar-refractivity contribution in [2.75, 3.05) is 26.0 Å². The van der Waals surface area contributed by atoms with Crippen LogP contribution in [0.5, 0.6) is 11.5 Å². The lowest BCUT2D eigenvalue weighted by molar-refractivity contribution is -0.128. The highest BCUT2D eigenvalue weighted by Gasteiger charge is 2.29. The summed E-state index contributed by atoms with van der Waals surface area (Å²) in [5.41, 5.74) is 0. The Kier molecular flexibility index (Phi) is 4.76. The van der Waals surface area contributed by atoms with Crippen LogP contribution in [0.3, 0.4) is 0 Å². The third-order valence-corrected chi connectivity index (χ3v) is 5.47. The third kappa shape index (κ3) is 3.65. The number of aromatic nitrogens is 3. The van der Waals surface area contributed by atoms with E-state index in [2.05, 4.69) is 14.8 Å². The SMILES string of the molecule is Cc1nnc(SCC(=O)N(C)C[C@H]2COc3ccccc3O2)n1C1CC1. The van der Waals surface area contributed by atoms with Crippen LogP contribution in [0.1, 0.15) is 24.7 Å². The summed E-state index contributed by atoms with van der Waals surface area (Å²) in [6.07, 6.45) is 2.17. The molecule has 1 fully saturated rings. The first-order valence-electron chi connectivity index (χ1n) is 8.78. The van der Waals surface area contributed by atoms with Gasteiger partial charge in [-0.05, 0) is 31.9 Å². The highest BCUT2D eigenvalue weighted by atomic mass is 32.2. The van der Waals surface area contributed by atoms with Gasteiger partial charge in [-0.2, -0.15) is 0 Å². The molecule has 2 heterocycles. The van der Waals surface area contributed by atoms with Gasteiger partial charge in [-0.3, -0.25) is 4.79 Å².